The Morgan fingerprint density at radius 3 is 2.31 bits per heavy atom. The summed E-state index contributed by atoms with van der Waals surface area (Å²) in [5.74, 6) is -2.86. The van der Waals surface area contributed by atoms with Crippen molar-refractivity contribution in [2.75, 3.05) is 25.0 Å². The summed E-state index contributed by atoms with van der Waals surface area (Å²) in [6.07, 6.45) is -4.46. The zero-order valence-corrected chi connectivity index (χ0v) is 27.3. The fourth-order valence-electron chi connectivity index (χ4n) is 5.71. The van der Waals surface area contributed by atoms with E-state index < -0.39 is 47.4 Å². The Hall–Kier alpha value is -6.23. The molecule has 0 radical (unpaired) electrons. The molecule has 1 aromatic heterocycles. The smallest absolute Gasteiger partial charge is 0.432 e. The third-order valence-electron chi connectivity index (χ3n) is 8.41. The van der Waals surface area contributed by atoms with Crippen LogP contribution >= 0.6 is 0 Å². The van der Waals surface area contributed by atoms with Gasteiger partial charge in [-0.05, 0) is 53.9 Å². The molecule has 17 heteroatoms. The number of carbonyl (C=O) groups excluding carboxylic acids is 5. The number of ether oxygens (including phenoxy) is 1. The van der Waals surface area contributed by atoms with Crippen LogP contribution in [0.4, 0.5) is 18.9 Å². The Morgan fingerprint density at radius 2 is 1.62 bits per heavy atom. The van der Waals surface area contributed by atoms with Gasteiger partial charge in [0.25, 0.3) is 17.7 Å². The summed E-state index contributed by atoms with van der Waals surface area (Å²) in [5, 5.41) is 27.2. The van der Waals surface area contributed by atoms with E-state index in [1.807, 2.05) is 29.4 Å². The maximum absolute atomic E-state index is 13.0. The van der Waals surface area contributed by atoms with Gasteiger partial charge in [-0.2, -0.15) is 18.3 Å². The number of hydrogen-bond donors (Lipinski definition) is 6. The lowest BCUT2D eigenvalue weighted by molar-refractivity contribution is -0.141. The molecule has 0 bridgehead atoms. The van der Waals surface area contributed by atoms with Crippen molar-refractivity contribution in [3.63, 3.8) is 0 Å². The number of nitrogens with zero attached hydrogens (tertiary/aromatic N) is 2. The van der Waals surface area contributed by atoms with E-state index in [1.54, 1.807) is 18.2 Å². The Balaban J connectivity index is 0.892. The van der Waals surface area contributed by atoms with E-state index in [2.05, 4.69) is 26.4 Å². The molecule has 3 aromatic carbocycles. The molecule has 14 nitrogen and oxygen atoms in total. The van der Waals surface area contributed by atoms with Crippen LogP contribution in [0.1, 0.15) is 50.4 Å². The number of benzene rings is 3. The minimum Gasteiger partial charge on any atom is -0.507 e. The molecule has 6 rings (SSSR count). The van der Waals surface area contributed by atoms with Crippen LogP contribution in [0.2, 0.25) is 0 Å². The van der Waals surface area contributed by atoms with Gasteiger partial charge in [0.15, 0.2) is 6.61 Å². The molecule has 0 spiro atoms. The highest BCUT2D eigenvalue weighted by Gasteiger charge is 2.44. The third-order valence-corrected chi connectivity index (χ3v) is 8.41. The number of imide groups is 2. The summed E-state index contributed by atoms with van der Waals surface area (Å²) < 4.78 is 43.9. The third kappa shape index (κ3) is 8.04. The Labute approximate surface area is 293 Å². The van der Waals surface area contributed by atoms with Crippen molar-refractivity contribution < 1.29 is 47.0 Å². The first-order chi connectivity index (χ1) is 24.9. The van der Waals surface area contributed by atoms with Crippen LogP contribution in [0.15, 0.2) is 66.7 Å². The number of phenols is 1. The topological polar surface area (TPSA) is 195 Å². The van der Waals surface area contributed by atoms with Crippen molar-refractivity contribution in [2.24, 2.45) is 0 Å². The normalized spacial score (nSPS) is 15.8. The predicted octanol–water partition coefficient (Wildman–Crippen LogP) is 3.10. The van der Waals surface area contributed by atoms with Crippen molar-refractivity contribution in [1.29, 1.82) is 0 Å². The summed E-state index contributed by atoms with van der Waals surface area (Å²) in [5.41, 5.74) is 1.81. The van der Waals surface area contributed by atoms with Gasteiger partial charge in [-0.25, -0.2) is 0 Å². The second kappa shape index (κ2) is 14.9. The van der Waals surface area contributed by atoms with Crippen LogP contribution in [-0.2, 0) is 33.6 Å². The number of aromatic nitrogens is 2. The molecule has 2 aliphatic rings. The maximum atomic E-state index is 13.0. The van der Waals surface area contributed by atoms with Crippen molar-refractivity contribution >= 4 is 35.2 Å². The zero-order valence-electron chi connectivity index (χ0n) is 27.3. The van der Waals surface area contributed by atoms with Gasteiger partial charge in [-0.15, -0.1) is 0 Å². The quantitative estimate of drug-likeness (QED) is 0.0883. The Bertz CT molecular complexity index is 2030. The molecular weight excluding hydrogens is 687 g/mol. The molecule has 2 aliphatic heterocycles. The molecule has 52 heavy (non-hydrogen) atoms. The highest BCUT2D eigenvalue weighted by Crippen LogP contribution is 2.35. The van der Waals surface area contributed by atoms with Crippen LogP contribution in [-0.4, -0.2) is 75.5 Å². The number of piperidine rings is 1. The van der Waals surface area contributed by atoms with Gasteiger partial charge in [0.1, 0.15) is 23.2 Å². The fraction of sp³-hybridized carbons (Fsp3) is 0.257. The average molecular weight is 720 g/mol. The lowest BCUT2D eigenvalue weighted by Crippen LogP contribution is -2.54. The highest BCUT2D eigenvalue weighted by atomic mass is 19.4. The van der Waals surface area contributed by atoms with Gasteiger partial charge >= 0.3 is 6.18 Å². The molecule has 4 aromatic rings. The van der Waals surface area contributed by atoms with Gasteiger partial charge in [0.05, 0.1) is 16.8 Å². The molecule has 1 unspecified atom stereocenters. The molecule has 1 saturated heterocycles. The number of aromatic hydroxyl groups is 1. The van der Waals surface area contributed by atoms with E-state index in [1.165, 1.54) is 18.2 Å². The largest absolute Gasteiger partial charge is 0.507 e. The van der Waals surface area contributed by atoms with E-state index in [0.29, 0.717) is 25.3 Å². The monoisotopic (exact) mass is 719 g/mol. The standard InChI is InChI=1S/C35H32F3N7O7/c36-35(37,38)29-15-26(43-44-29)24-8-6-22(14-28(24)46)52-18-31(48)41-17-20-3-1-19(2-4-20)16-39-11-12-40-21-5-7-23-25(13-21)34(51)45(33(23)50)27-9-10-30(47)42-32(27)49/h1-8,13-15,27,39-40,46H,9-12,16-18H2,(H,41,48)(H,43,44)(H,42,47,49). The summed E-state index contributed by atoms with van der Waals surface area (Å²) in [4.78, 5) is 62.9. The number of fused-ring (bicyclic) bond motifs is 1. The van der Waals surface area contributed by atoms with Gasteiger partial charge in [-0.3, -0.25) is 39.3 Å². The minimum atomic E-state index is -4.60. The van der Waals surface area contributed by atoms with E-state index in [0.717, 1.165) is 22.1 Å². The number of H-pyrrole nitrogens is 1. The molecule has 3 heterocycles. The number of carbonyl (C=O) groups is 5. The average Bonchev–Trinajstić information content (AvgIpc) is 3.70. The van der Waals surface area contributed by atoms with Gasteiger partial charge < -0.3 is 25.8 Å². The molecule has 5 amide bonds. The van der Waals surface area contributed by atoms with Crippen LogP contribution in [0, 0.1) is 0 Å². The number of aromatic amines is 1. The van der Waals surface area contributed by atoms with Crippen molar-refractivity contribution in [3.05, 3.63) is 94.7 Å². The summed E-state index contributed by atoms with van der Waals surface area (Å²) in [7, 11) is 0. The number of amides is 5. The van der Waals surface area contributed by atoms with E-state index in [4.69, 9.17) is 4.74 Å². The predicted molar refractivity (Wildman–Crippen MR) is 178 cm³/mol. The fourth-order valence-corrected chi connectivity index (χ4v) is 5.71. The number of alkyl halides is 3. The summed E-state index contributed by atoms with van der Waals surface area (Å²) in [6.45, 7) is 1.55. The number of rotatable bonds is 13. The summed E-state index contributed by atoms with van der Waals surface area (Å²) >= 11 is 0. The molecule has 0 aliphatic carbocycles. The van der Waals surface area contributed by atoms with Crippen molar-refractivity contribution in [1.82, 2.24) is 31.0 Å². The first kappa shape index (κ1) is 35.6. The highest BCUT2D eigenvalue weighted by molar-refractivity contribution is 6.23. The van der Waals surface area contributed by atoms with E-state index in [-0.39, 0.29) is 59.9 Å². The SMILES string of the molecule is O=C(COc1ccc(-c2cc(C(F)(F)F)[nH]n2)c(O)c1)NCc1ccc(CNCCNc2ccc3c(c2)C(=O)N(C2CCC(=O)NC2=O)C3=O)cc1. The minimum absolute atomic E-state index is 0.0509. The Morgan fingerprint density at radius 1 is 0.904 bits per heavy atom. The van der Waals surface area contributed by atoms with Gasteiger partial charge in [-0.1, -0.05) is 24.3 Å². The molecule has 0 saturated carbocycles. The van der Waals surface area contributed by atoms with Crippen LogP contribution in [0.25, 0.3) is 11.3 Å². The first-order valence-corrected chi connectivity index (χ1v) is 16.1. The molecule has 270 valence electrons. The number of anilines is 1. The second-order valence-corrected chi connectivity index (χ2v) is 12.0. The zero-order chi connectivity index (χ0) is 37.0. The van der Waals surface area contributed by atoms with Gasteiger partial charge in [0.2, 0.25) is 11.8 Å². The number of halogens is 3. The van der Waals surface area contributed by atoms with E-state index in [9.17, 15) is 42.3 Å². The van der Waals surface area contributed by atoms with Gasteiger partial charge in [0, 0.05) is 49.9 Å². The lowest BCUT2D eigenvalue weighted by Gasteiger charge is -2.27. The van der Waals surface area contributed by atoms with Crippen LogP contribution in [0.3, 0.4) is 0 Å². The summed E-state index contributed by atoms with van der Waals surface area (Å²) in [6, 6.07) is 16.1. The second-order valence-electron chi connectivity index (χ2n) is 12.0. The van der Waals surface area contributed by atoms with Crippen LogP contribution < -0.4 is 26.0 Å². The number of nitrogens with one attached hydrogen (secondary N) is 5. The Kier molecular flexibility index (Phi) is 10.2. The molecule has 1 atom stereocenters. The lowest BCUT2D eigenvalue weighted by atomic mass is 10.0. The molecule has 1 fully saturated rings. The van der Waals surface area contributed by atoms with Crippen molar-refractivity contribution in [2.45, 2.75) is 38.1 Å². The molecular formula is C35H32F3N7O7. The molecule has 6 N–H and O–H groups in total. The first-order valence-electron chi connectivity index (χ1n) is 16.1. The number of hydrogen-bond acceptors (Lipinski definition) is 10. The van der Waals surface area contributed by atoms with Crippen LogP contribution in [0.5, 0.6) is 11.5 Å². The van der Waals surface area contributed by atoms with E-state index >= 15 is 0 Å². The maximum Gasteiger partial charge on any atom is 0.432 e. The van der Waals surface area contributed by atoms with Crippen molar-refractivity contribution in [3.8, 4) is 22.8 Å². The number of phenolic OH excluding ortho intramolecular Hbond substituents is 1.